The Hall–Kier alpha value is -4.97. The maximum atomic E-state index is 13.0. The molecule has 1 atom stereocenters. The molecule has 1 saturated heterocycles. The number of hydrogen-bond donors (Lipinski definition) is 0. The molecule has 0 bridgehead atoms. The van der Waals surface area contributed by atoms with Crippen LogP contribution in [0.4, 0.5) is 0 Å². The highest BCUT2D eigenvalue weighted by atomic mass is 16.5. The third-order valence-corrected chi connectivity index (χ3v) is 8.83. The highest BCUT2D eigenvalue weighted by Gasteiger charge is 2.33. The third kappa shape index (κ3) is 7.76. The van der Waals surface area contributed by atoms with E-state index in [1.54, 1.807) is 60.7 Å². The average molecular weight is 646 g/mol. The fourth-order valence-electron chi connectivity index (χ4n) is 5.99. The number of carbonyl (C=O) groups is 2. The fraction of sp³-hybridized carbons (Fsp3) is 0.325. The van der Waals surface area contributed by atoms with E-state index in [4.69, 9.17) is 28.9 Å². The highest BCUT2D eigenvalue weighted by molar-refractivity contribution is 5.92. The van der Waals surface area contributed by atoms with Crippen LogP contribution in [0.3, 0.4) is 0 Å². The van der Waals surface area contributed by atoms with Gasteiger partial charge in [0.05, 0.1) is 49.2 Å². The van der Waals surface area contributed by atoms with Gasteiger partial charge in [0.2, 0.25) is 0 Å². The van der Waals surface area contributed by atoms with Gasteiger partial charge in [0.15, 0.2) is 0 Å². The molecule has 8 nitrogen and oxygen atoms in total. The Bertz CT molecular complexity index is 1800. The van der Waals surface area contributed by atoms with Crippen molar-refractivity contribution in [2.24, 2.45) is 5.41 Å². The van der Waals surface area contributed by atoms with Gasteiger partial charge < -0.3 is 23.7 Å². The summed E-state index contributed by atoms with van der Waals surface area (Å²) in [6.07, 6.45) is 4.18. The molecule has 4 aromatic rings. The Labute approximate surface area is 281 Å². The summed E-state index contributed by atoms with van der Waals surface area (Å²) in [5, 5.41) is 8.99. The van der Waals surface area contributed by atoms with Gasteiger partial charge in [-0.1, -0.05) is 32.4 Å². The predicted octanol–water partition coefficient (Wildman–Crippen LogP) is 8.12. The molecular weight excluding hydrogens is 606 g/mol. The molecule has 0 radical (unpaired) electrons. The van der Waals surface area contributed by atoms with Crippen LogP contribution in [0.25, 0.3) is 11.1 Å². The van der Waals surface area contributed by atoms with Crippen LogP contribution in [-0.4, -0.2) is 45.0 Å². The van der Waals surface area contributed by atoms with Crippen LogP contribution in [0.2, 0.25) is 0 Å². The van der Waals surface area contributed by atoms with Crippen LogP contribution >= 0.6 is 0 Å². The minimum absolute atomic E-state index is 0.00284. The second-order valence-electron chi connectivity index (χ2n) is 12.8. The molecule has 246 valence electrons. The molecule has 1 fully saturated rings. The van der Waals surface area contributed by atoms with E-state index in [-0.39, 0.29) is 11.3 Å². The Morgan fingerprint density at radius 2 is 1.27 bits per heavy atom. The summed E-state index contributed by atoms with van der Waals surface area (Å²) in [4.78, 5) is 25.6. The third-order valence-electron chi connectivity index (χ3n) is 8.83. The van der Waals surface area contributed by atoms with E-state index < -0.39 is 11.9 Å². The van der Waals surface area contributed by atoms with E-state index >= 15 is 0 Å². The second-order valence-corrected chi connectivity index (χ2v) is 12.8. The molecule has 1 unspecified atom stereocenters. The Morgan fingerprint density at radius 1 is 0.750 bits per heavy atom. The Balaban J connectivity index is 0.960. The van der Waals surface area contributed by atoms with Crippen molar-refractivity contribution < 1.29 is 33.3 Å². The molecule has 0 aromatic heterocycles. The van der Waals surface area contributed by atoms with Crippen LogP contribution < -0.4 is 14.2 Å². The highest BCUT2D eigenvalue weighted by Crippen LogP contribution is 2.47. The van der Waals surface area contributed by atoms with Crippen LogP contribution in [0.15, 0.2) is 84.9 Å². The number of nitrogens with zero attached hydrogens (tertiary/aromatic N) is 1. The first-order valence-corrected chi connectivity index (χ1v) is 16.4. The summed E-state index contributed by atoms with van der Waals surface area (Å²) in [5.74, 6) is 0.687. The minimum atomic E-state index is -0.492. The van der Waals surface area contributed by atoms with Gasteiger partial charge in [0.1, 0.15) is 17.2 Å². The van der Waals surface area contributed by atoms with E-state index in [0.717, 1.165) is 80.1 Å². The lowest BCUT2D eigenvalue weighted by atomic mass is 9.90. The van der Waals surface area contributed by atoms with E-state index in [0.29, 0.717) is 34.8 Å². The molecule has 0 spiro atoms. The minimum Gasteiger partial charge on any atom is -0.494 e. The van der Waals surface area contributed by atoms with E-state index in [2.05, 4.69) is 13.8 Å². The van der Waals surface area contributed by atoms with Crippen molar-refractivity contribution in [1.82, 2.24) is 0 Å². The lowest BCUT2D eigenvalue weighted by Crippen LogP contribution is -2.43. The molecule has 6 rings (SSSR count). The number of rotatable bonds is 14. The van der Waals surface area contributed by atoms with Gasteiger partial charge in [-0.05, 0) is 114 Å². The fourth-order valence-corrected chi connectivity index (χ4v) is 5.99. The topological polar surface area (TPSA) is 104 Å². The summed E-state index contributed by atoms with van der Waals surface area (Å²) in [5.41, 5.74) is 5.63. The number of unbranched alkanes of at least 4 members (excludes halogenated alkanes) is 3. The number of nitriles is 1. The summed E-state index contributed by atoms with van der Waals surface area (Å²) >= 11 is 0. The van der Waals surface area contributed by atoms with Crippen molar-refractivity contribution in [3.8, 4) is 34.4 Å². The standard InChI is InChI=1S/C40H39NO7/c1-27-36-21-32(47-38(42)29-9-7-28(23-41)8-10-29)15-17-34(36)35-18-16-33(22-37(27)35)48-39(43)30-11-13-31(14-12-30)46-20-6-4-3-5-19-44-24-40(2)25-45-26-40/h7-18,21-22,27H,3-6,19-20,24-26H2,1-2H3. The van der Waals surface area contributed by atoms with Crippen molar-refractivity contribution >= 4 is 11.9 Å². The number of carbonyl (C=O) groups excluding carboxylic acids is 2. The molecule has 48 heavy (non-hydrogen) atoms. The monoisotopic (exact) mass is 645 g/mol. The molecule has 8 heteroatoms. The first kappa shape index (κ1) is 33.0. The summed E-state index contributed by atoms with van der Waals surface area (Å²) in [6, 6.07) is 26.6. The lowest BCUT2D eigenvalue weighted by molar-refractivity contribution is -0.137. The van der Waals surface area contributed by atoms with Crippen molar-refractivity contribution in [2.75, 3.05) is 33.0 Å². The Morgan fingerprint density at radius 3 is 1.79 bits per heavy atom. The summed E-state index contributed by atoms with van der Waals surface area (Å²) in [7, 11) is 0. The van der Waals surface area contributed by atoms with E-state index in [1.165, 1.54) is 0 Å². The number of hydrogen-bond acceptors (Lipinski definition) is 8. The van der Waals surface area contributed by atoms with E-state index in [9.17, 15) is 9.59 Å². The van der Waals surface area contributed by atoms with Crippen LogP contribution in [-0.2, 0) is 9.47 Å². The molecule has 0 N–H and O–H groups in total. The number of fused-ring (bicyclic) bond motifs is 3. The first-order valence-electron chi connectivity index (χ1n) is 16.4. The van der Waals surface area contributed by atoms with Crippen LogP contribution in [0.1, 0.15) is 82.9 Å². The molecular formula is C40H39NO7. The predicted molar refractivity (Wildman–Crippen MR) is 181 cm³/mol. The van der Waals surface area contributed by atoms with Gasteiger partial charge in [-0.15, -0.1) is 0 Å². The zero-order chi connectivity index (χ0) is 33.5. The summed E-state index contributed by atoms with van der Waals surface area (Å²) < 4.78 is 28.3. The van der Waals surface area contributed by atoms with Crippen molar-refractivity contribution in [3.05, 3.63) is 113 Å². The maximum Gasteiger partial charge on any atom is 0.343 e. The zero-order valence-corrected chi connectivity index (χ0v) is 27.3. The molecule has 1 aliphatic carbocycles. The van der Waals surface area contributed by atoms with Crippen LogP contribution in [0.5, 0.6) is 17.2 Å². The molecule has 1 aliphatic heterocycles. The zero-order valence-electron chi connectivity index (χ0n) is 27.3. The molecule has 2 aliphatic rings. The van der Waals surface area contributed by atoms with E-state index in [1.807, 2.05) is 30.3 Å². The second kappa shape index (κ2) is 14.8. The number of esters is 2. The molecule has 0 amide bonds. The quantitative estimate of drug-likeness (QED) is 0.0770. The largest absolute Gasteiger partial charge is 0.494 e. The van der Waals surface area contributed by atoms with Crippen molar-refractivity contribution in [1.29, 1.82) is 5.26 Å². The smallest absolute Gasteiger partial charge is 0.343 e. The normalized spacial score (nSPS) is 15.4. The maximum absolute atomic E-state index is 13.0. The molecule has 4 aromatic carbocycles. The van der Waals surface area contributed by atoms with Crippen molar-refractivity contribution in [2.45, 2.75) is 45.4 Å². The first-order chi connectivity index (χ1) is 23.3. The van der Waals surface area contributed by atoms with Gasteiger partial charge in [0.25, 0.3) is 0 Å². The number of benzene rings is 4. The van der Waals surface area contributed by atoms with Gasteiger partial charge in [-0.3, -0.25) is 0 Å². The van der Waals surface area contributed by atoms with Crippen LogP contribution in [0, 0.1) is 16.7 Å². The van der Waals surface area contributed by atoms with Gasteiger partial charge in [0, 0.05) is 17.9 Å². The summed E-state index contributed by atoms with van der Waals surface area (Å²) in [6.45, 7) is 8.04. The number of ether oxygens (including phenoxy) is 5. The molecule has 0 saturated carbocycles. The lowest BCUT2D eigenvalue weighted by Gasteiger charge is -2.37. The molecule has 1 heterocycles. The average Bonchev–Trinajstić information content (AvgIpc) is 3.37. The van der Waals surface area contributed by atoms with Crippen molar-refractivity contribution in [3.63, 3.8) is 0 Å². The van der Waals surface area contributed by atoms with Gasteiger partial charge in [-0.25, -0.2) is 9.59 Å². The Kier molecular flexibility index (Phi) is 10.2. The SMILES string of the molecule is CC1c2cc(OC(=O)c3ccc(C#N)cc3)ccc2-c2ccc(OC(=O)c3ccc(OCCCCCCOCC4(C)COC4)cc3)cc21. The van der Waals surface area contributed by atoms with Gasteiger partial charge in [-0.2, -0.15) is 5.26 Å². The van der Waals surface area contributed by atoms with Gasteiger partial charge >= 0.3 is 11.9 Å².